The molecule has 2 aliphatic rings. The van der Waals surface area contributed by atoms with Crippen molar-refractivity contribution in [1.82, 2.24) is 36.1 Å². The van der Waals surface area contributed by atoms with Gasteiger partial charge in [-0.25, -0.2) is 10.8 Å². The maximum Gasteiger partial charge on any atom is 0.323 e. The van der Waals surface area contributed by atoms with Gasteiger partial charge in [-0.15, -0.1) is 33.3 Å². The molecular formula is C30H29N9O6S4. The van der Waals surface area contributed by atoms with Gasteiger partial charge in [0.1, 0.15) is 22.3 Å². The average molecular weight is 740 g/mol. The summed E-state index contributed by atoms with van der Waals surface area (Å²) in [5.41, 5.74) is 9.59. The van der Waals surface area contributed by atoms with Crippen LogP contribution in [-0.4, -0.2) is 79.1 Å². The van der Waals surface area contributed by atoms with Crippen molar-refractivity contribution in [2.45, 2.75) is 27.9 Å². The Morgan fingerprint density at radius 3 is 2.33 bits per heavy atom. The molecule has 4 atom stereocenters. The number of hydrogen-bond donors (Lipinski definition) is 5. The number of thiazole rings is 1. The van der Waals surface area contributed by atoms with E-state index in [-0.39, 0.29) is 28.9 Å². The van der Waals surface area contributed by atoms with Crippen molar-refractivity contribution in [3.63, 3.8) is 0 Å². The van der Waals surface area contributed by atoms with Crippen LogP contribution in [-0.2, 0) is 28.7 Å². The number of benzene rings is 2. The fraction of sp³-hybridized carbons (Fsp3) is 0.267. The zero-order valence-corrected chi connectivity index (χ0v) is 28.7. The first-order valence-electron chi connectivity index (χ1n) is 14.6. The predicted octanol–water partition coefficient (Wildman–Crippen LogP) is 1.24. The van der Waals surface area contributed by atoms with Gasteiger partial charge in [-0.05, 0) is 11.1 Å². The molecule has 7 N–H and O–H groups in total. The number of rotatable bonds is 11. The van der Waals surface area contributed by atoms with Gasteiger partial charge in [-0.2, -0.15) is 0 Å². The van der Waals surface area contributed by atoms with Gasteiger partial charge in [0, 0.05) is 23.4 Å². The molecule has 0 spiro atoms. The summed E-state index contributed by atoms with van der Waals surface area (Å²) in [6, 6.07) is 16.4. The predicted molar refractivity (Wildman–Crippen MR) is 184 cm³/mol. The van der Waals surface area contributed by atoms with Crippen LogP contribution in [0.25, 0.3) is 0 Å². The largest absolute Gasteiger partial charge is 0.452 e. The van der Waals surface area contributed by atoms with Crippen molar-refractivity contribution in [3.05, 3.63) is 88.4 Å². The molecule has 4 aromatic rings. The van der Waals surface area contributed by atoms with Crippen LogP contribution in [0.3, 0.4) is 0 Å². The lowest BCUT2D eigenvalue weighted by Crippen LogP contribution is -2.74. The first-order valence-corrected chi connectivity index (χ1v) is 18.4. The number of nitrogens with two attached hydrogens (primary N) is 2. The highest BCUT2D eigenvalue weighted by molar-refractivity contribution is 8.01. The SMILES string of the molecule is NNC(=O)C(=O)NC(C(=O)NC1C(=O)N2CC(CSc3nncs3)(C(=O)OC(c3ccccc3)c3ccccc3)CS[C@H]12)c1csc(N)n1. The number of carbonyl (C=O) groups excluding carboxylic acids is 5. The maximum absolute atomic E-state index is 14.3. The number of nitrogens with one attached hydrogen (secondary N) is 3. The number of β-lactam (4-membered cyclic amide) rings is 1. The van der Waals surface area contributed by atoms with Crippen LogP contribution in [0.4, 0.5) is 5.13 Å². The fourth-order valence-corrected chi connectivity index (χ4v) is 9.27. The summed E-state index contributed by atoms with van der Waals surface area (Å²) in [5, 5.41) is 14.0. The minimum Gasteiger partial charge on any atom is -0.452 e. The topological polar surface area (TPSA) is 225 Å². The Labute approximate surface area is 295 Å². The monoisotopic (exact) mass is 739 g/mol. The van der Waals surface area contributed by atoms with Crippen LogP contribution in [0.5, 0.6) is 0 Å². The Morgan fingerprint density at radius 1 is 1.04 bits per heavy atom. The highest BCUT2D eigenvalue weighted by atomic mass is 32.2. The van der Waals surface area contributed by atoms with Gasteiger partial charge in [0.25, 0.3) is 0 Å². The average Bonchev–Trinajstić information content (AvgIpc) is 3.82. The smallest absolute Gasteiger partial charge is 0.323 e. The van der Waals surface area contributed by atoms with Gasteiger partial charge in [-0.3, -0.25) is 29.4 Å². The van der Waals surface area contributed by atoms with Crippen LogP contribution in [0.2, 0.25) is 0 Å². The second kappa shape index (κ2) is 14.9. The number of nitrogens with zero attached hydrogens (tertiary/aromatic N) is 4. The minimum atomic E-state index is -1.43. The van der Waals surface area contributed by atoms with Gasteiger partial charge >= 0.3 is 17.8 Å². The molecule has 0 aliphatic carbocycles. The Bertz CT molecular complexity index is 1790. The summed E-state index contributed by atoms with van der Waals surface area (Å²) in [7, 11) is 0. The lowest BCUT2D eigenvalue weighted by Gasteiger charge is -2.54. The number of amides is 4. The second-order valence-corrected chi connectivity index (χ2v) is 15.1. The van der Waals surface area contributed by atoms with E-state index in [9.17, 15) is 24.0 Å². The summed E-state index contributed by atoms with van der Waals surface area (Å²) in [6.07, 6.45) is -0.687. The Balaban J connectivity index is 1.21. The van der Waals surface area contributed by atoms with Crippen molar-refractivity contribution in [3.8, 4) is 0 Å². The fourth-order valence-electron chi connectivity index (χ4n) is 5.35. The molecule has 3 unspecified atom stereocenters. The Hall–Kier alpha value is -4.56. The first kappa shape index (κ1) is 34.3. The third-order valence-corrected chi connectivity index (χ3v) is 12.3. The zero-order chi connectivity index (χ0) is 34.5. The molecule has 4 heterocycles. The van der Waals surface area contributed by atoms with E-state index in [0.717, 1.165) is 22.5 Å². The maximum atomic E-state index is 14.3. The molecular weight excluding hydrogens is 711 g/mol. The molecule has 4 amide bonds. The number of hydrazine groups is 1. The van der Waals surface area contributed by atoms with Crippen molar-refractivity contribution >= 4 is 80.9 Å². The van der Waals surface area contributed by atoms with E-state index in [2.05, 4.69) is 25.8 Å². The molecule has 2 fully saturated rings. The van der Waals surface area contributed by atoms with Gasteiger partial charge < -0.3 is 26.0 Å². The van der Waals surface area contributed by atoms with Crippen LogP contribution in [0, 0.1) is 5.41 Å². The van der Waals surface area contributed by atoms with Crippen molar-refractivity contribution < 1.29 is 28.7 Å². The van der Waals surface area contributed by atoms with E-state index < -0.39 is 58.6 Å². The highest BCUT2D eigenvalue weighted by Gasteiger charge is 2.58. The van der Waals surface area contributed by atoms with E-state index in [4.69, 9.17) is 16.3 Å². The second-order valence-electron chi connectivity index (χ2n) is 11.0. The number of anilines is 1. The summed E-state index contributed by atoms with van der Waals surface area (Å²) >= 11 is 5.07. The minimum absolute atomic E-state index is 0.0380. The quantitative estimate of drug-likeness (QED) is 0.0278. The van der Waals surface area contributed by atoms with Crippen molar-refractivity contribution in [1.29, 1.82) is 0 Å². The standard InChI is InChI=1S/C30H29N9O6S4/c31-28-34-18(11-46-28)19(35-23(41)24(42)37-32)22(40)36-20-25(43)39-12-30(13-47-26(20)39,14-48-29-38-33-15-49-29)27(44)45-21(16-7-3-1-4-8-16)17-9-5-2-6-10-17/h1-11,15,19-21,26H,12-14,32H2,(H2,31,34)(H,35,41)(H,36,40)(H,37,42)/t19?,20?,26-,30?/m1/s1. The van der Waals surface area contributed by atoms with Crippen molar-refractivity contribution in [2.75, 3.05) is 23.8 Å². The van der Waals surface area contributed by atoms with E-state index >= 15 is 0 Å². The van der Waals surface area contributed by atoms with Crippen LogP contribution in [0.1, 0.15) is 29.0 Å². The Morgan fingerprint density at radius 2 is 1.73 bits per heavy atom. The number of ether oxygens (including phenoxy) is 1. The summed E-state index contributed by atoms with van der Waals surface area (Å²) < 4.78 is 6.98. The number of esters is 1. The molecule has 0 radical (unpaired) electrons. The lowest BCUT2D eigenvalue weighted by molar-refractivity contribution is -0.164. The van der Waals surface area contributed by atoms with E-state index in [1.807, 2.05) is 60.7 Å². The van der Waals surface area contributed by atoms with Gasteiger partial charge in [0.05, 0.1) is 5.69 Å². The van der Waals surface area contributed by atoms with Gasteiger partial charge in [0.2, 0.25) is 11.8 Å². The molecule has 2 saturated heterocycles. The van der Waals surface area contributed by atoms with Gasteiger partial charge in [-0.1, -0.05) is 83.8 Å². The van der Waals surface area contributed by atoms with E-state index in [1.165, 1.54) is 45.1 Å². The number of carbonyl (C=O) groups is 5. The Kier molecular flexibility index (Phi) is 10.4. The van der Waals surface area contributed by atoms with Crippen LogP contribution >= 0.6 is 46.2 Å². The molecule has 19 heteroatoms. The van der Waals surface area contributed by atoms with Gasteiger partial charge in [0.15, 0.2) is 21.6 Å². The third kappa shape index (κ3) is 7.39. The van der Waals surface area contributed by atoms with Crippen LogP contribution in [0.15, 0.2) is 75.9 Å². The molecule has 2 aromatic heterocycles. The summed E-state index contributed by atoms with van der Waals surface area (Å²) in [5.74, 6) is 1.57. The first-order chi connectivity index (χ1) is 23.7. The van der Waals surface area contributed by atoms with E-state index in [1.54, 1.807) is 10.9 Å². The molecule has 49 heavy (non-hydrogen) atoms. The van der Waals surface area contributed by atoms with E-state index in [0.29, 0.717) is 4.34 Å². The normalized spacial score (nSPS) is 20.4. The number of nitrogen functional groups attached to an aromatic ring is 1. The third-order valence-electron chi connectivity index (χ3n) is 7.83. The number of aromatic nitrogens is 3. The molecule has 0 saturated carbocycles. The number of thioether (sulfide) groups is 2. The highest BCUT2D eigenvalue weighted by Crippen LogP contribution is 2.46. The lowest BCUT2D eigenvalue weighted by atomic mass is 9.88. The number of hydrogen-bond acceptors (Lipinski definition) is 15. The molecule has 0 bridgehead atoms. The zero-order valence-electron chi connectivity index (χ0n) is 25.4. The van der Waals surface area contributed by atoms with Crippen molar-refractivity contribution in [2.24, 2.45) is 11.3 Å². The molecule has 254 valence electrons. The summed E-state index contributed by atoms with van der Waals surface area (Å²) in [6.45, 7) is 0.0380. The van der Waals surface area contributed by atoms with Crippen LogP contribution < -0.4 is 27.6 Å². The molecule has 6 rings (SSSR count). The molecule has 15 nitrogen and oxygen atoms in total. The number of fused-ring (bicyclic) bond motifs is 1. The summed E-state index contributed by atoms with van der Waals surface area (Å²) in [4.78, 5) is 71.0. The molecule has 2 aromatic carbocycles. The molecule has 2 aliphatic heterocycles.